The quantitative estimate of drug-likeness (QED) is 0.575. The number of anilines is 1. The molecule has 0 bridgehead atoms. The molecule has 4 aromatic heterocycles. The average molecular weight is 348 g/mol. The molecular weight excluding hydrogens is 328 g/mol. The Labute approximate surface area is 150 Å². The smallest absolute Gasteiger partial charge is 0.181 e. The molecule has 4 aromatic rings. The lowest BCUT2D eigenvalue weighted by Crippen LogP contribution is -2.08. The van der Waals surface area contributed by atoms with Crippen molar-refractivity contribution in [2.24, 2.45) is 0 Å². The van der Waals surface area contributed by atoms with Crippen LogP contribution in [-0.4, -0.2) is 34.8 Å². The molecule has 8 nitrogen and oxygen atoms in total. The Morgan fingerprint density at radius 1 is 1.15 bits per heavy atom. The lowest BCUT2D eigenvalue weighted by Gasteiger charge is -2.09. The number of nitrogens with one attached hydrogen (secondary N) is 2. The Morgan fingerprint density at radius 3 is 2.73 bits per heavy atom. The van der Waals surface area contributed by atoms with Gasteiger partial charge in [0.15, 0.2) is 11.5 Å². The minimum absolute atomic E-state index is 0.512. The van der Waals surface area contributed by atoms with Gasteiger partial charge in [0.2, 0.25) is 0 Å². The number of fused-ring (bicyclic) bond motifs is 1. The van der Waals surface area contributed by atoms with Crippen LogP contribution in [0.25, 0.3) is 17.0 Å². The van der Waals surface area contributed by atoms with Crippen molar-refractivity contribution in [2.45, 2.75) is 33.7 Å². The van der Waals surface area contributed by atoms with Gasteiger partial charge in [-0.05, 0) is 32.4 Å². The van der Waals surface area contributed by atoms with Gasteiger partial charge >= 0.3 is 0 Å². The van der Waals surface area contributed by atoms with Crippen molar-refractivity contribution >= 4 is 11.5 Å². The van der Waals surface area contributed by atoms with Crippen LogP contribution in [0.1, 0.15) is 29.7 Å². The zero-order valence-electron chi connectivity index (χ0n) is 15.0. The second kappa shape index (κ2) is 6.55. The largest absolute Gasteiger partial charge is 0.363 e. The van der Waals surface area contributed by atoms with E-state index in [1.165, 1.54) is 0 Å². The second-order valence-electron chi connectivity index (χ2n) is 6.13. The zero-order chi connectivity index (χ0) is 18.1. The Kier molecular flexibility index (Phi) is 4.08. The molecular formula is C18H20N8. The minimum Gasteiger partial charge on any atom is -0.363 e. The van der Waals surface area contributed by atoms with E-state index in [1.807, 2.05) is 36.6 Å². The average Bonchev–Trinajstić information content (AvgIpc) is 3.26. The summed E-state index contributed by atoms with van der Waals surface area (Å²) in [4.78, 5) is 13.2. The van der Waals surface area contributed by atoms with Gasteiger partial charge in [0.1, 0.15) is 11.6 Å². The maximum absolute atomic E-state index is 4.69. The van der Waals surface area contributed by atoms with Gasteiger partial charge in [-0.3, -0.25) is 10.1 Å². The van der Waals surface area contributed by atoms with E-state index in [0.717, 1.165) is 46.2 Å². The van der Waals surface area contributed by atoms with Crippen LogP contribution in [0.5, 0.6) is 0 Å². The number of aromatic amines is 1. The van der Waals surface area contributed by atoms with E-state index in [-0.39, 0.29) is 0 Å². The predicted octanol–water partition coefficient (Wildman–Crippen LogP) is 2.70. The van der Waals surface area contributed by atoms with Crippen LogP contribution in [0.3, 0.4) is 0 Å². The summed E-state index contributed by atoms with van der Waals surface area (Å²) in [5, 5.41) is 15.2. The van der Waals surface area contributed by atoms with Crippen LogP contribution >= 0.6 is 0 Å². The second-order valence-corrected chi connectivity index (χ2v) is 6.13. The monoisotopic (exact) mass is 348 g/mol. The molecule has 0 aliphatic rings. The first-order chi connectivity index (χ1) is 12.7. The van der Waals surface area contributed by atoms with Crippen molar-refractivity contribution in [3.05, 3.63) is 53.4 Å². The van der Waals surface area contributed by atoms with Crippen LogP contribution in [0.4, 0.5) is 5.82 Å². The number of nitrogens with zero attached hydrogens (tertiary/aromatic N) is 6. The van der Waals surface area contributed by atoms with Gasteiger partial charge in [0, 0.05) is 35.3 Å². The molecule has 132 valence electrons. The fourth-order valence-electron chi connectivity index (χ4n) is 2.77. The first kappa shape index (κ1) is 16.2. The number of hydrogen-bond donors (Lipinski definition) is 2. The molecule has 0 saturated heterocycles. The molecule has 0 aliphatic heterocycles. The molecule has 0 unspecified atom stereocenters. The van der Waals surface area contributed by atoms with E-state index in [4.69, 9.17) is 4.98 Å². The normalized spacial score (nSPS) is 11.2. The van der Waals surface area contributed by atoms with Gasteiger partial charge in [-0.15, -0.1) is 0 Å². The maximum Gasteiger partial charge on any atom is 0.181 e. The Morgan fingerprint density at radius 2 is 1.96 bits per heavy atom. The topological polar surface area (TPSA) is 96.7 Å². The highest BCUT2D eigenvalue weighted by molar-refractivity contribution is 5.56. The Hall–Kier alpha value is -3.29. The molecule has 0 fully saturated rings. The maximum atomic E-state index is 4.69. The summed E-state index contributed by atoms with van der Waals surface area (Å²) in [6.07, 6.45) is 4.32. The highest BCUT2D eigenvalue weighted by Crippen LogP contribution is 2.19. The molecule has 0 radical (unpaired) electrons. The fourth-order valence-corrected chi connectivity index (χ4v) is 2.77. The minimum atomic E-state index is 0.512. The van der Waals surface area contributed by atoms with Gasteiger partial charge in [-0.1, -0.05) is 6.92 Å². The van der Waals surface area contributed by atoms with E-state index < -0.39 is 0 Å². The van der Waals surface area contributed by atoms with E-state index in [9.17, 15) is 0 Å². The first-order valence-electron chi connectivity index (χ1n) is 8.57. The molecule has 2 N–H and O–H groups in total. The van der Waals surface area contributed by atoms with Gasteiger partial charge in [-0.2, -0.15) is 14.7 Å². The van der Waals surface area contributed by atoms with Crippen LogP contribution < -0.4 is 5.32 Å². The van der Waals surface area contributed by atoms with Crippen molar-refractivity contribution < 1.29 is 0 Å². The van der Waals surface area contributed by atoms with Crippen molar-refractivity contribution in [3.8, 4) is 11.4 Å². The lowest BCUT2D eigenvalue weighted by atomic mass is 10.2. The SMILES string of the molecule is CCc1cc(NCc2nc(-c3ccncc3)n[nH]2)n2nc(C)c(C)c2n1. The third-order valence-corrected chi connectivity index (χ3v) is 4.38. The first-order valence-corrected chi connectivity index (χ1v) is 8.57. The van der Waals surface area contributed by atoms with E-state index in [0.29, 0.717) is 12.4 Å². The molecule has 4 rings (SSSR count). The molecule has 0 spiro atoms. The standard InChI is InChI=1S/C18H20N8/c1-4-14-9-16(26-18(21-14)11(2)12(3)25-26)20-10-15-22-17(24-23-15)13-5-7-19-8-6-13/h5-9,20H,4,10H2,1-3H3,(H,22,23,24). The lowest BCUT2D eigenvalue weighted by molar-refractivity contribution is 0.873. The number of aryl methyl sites for hydroxylation is 3. The third-order valence-electron chi connectivity index (χ3n) is 4.38. The van der Waals surface area contributed by atoms with Gasteiger partial charge in [-0.25, -0.2) is 9.97 Å². The van der Waals surface area contributed by atoms with E-state index in [1.54, 1.807) is 12.4 Å². The molecule has 26 heavy (non-hydrogen) atoms. The summed E-state index contributed by atoms with van der Waals surface area (Å²) in [6, 6.07) is 5.80. The molecule has 4 heterocycles. The molecule has 0 amide bonds. The third kappa shape index (κ3) is 2.90. The predicted molar refractivity (Wildman–Crippen MR) is 98.8 cm³/mol. The van der Waals surface area contributed by atoms with Gasteiger partial charge in [0.05, 0.1) is 12.2 Å². The number of rotatable bonds is 5. The Bertz CT molecular complexity index is 1050. The summed E-state index contributed by atoms with van der Waals surface area (Å²) < 4.78 is 1.85. The van der Waals surface area contributed by atoms with Gasteiger partial charge < -0.3 is 5.32 Å². The highest BCUT2D eigenvalue weighted by atomic mass is 15.3. The number of aromatic nitrogens is 7. The van der Waals surface area contributed by atoms with Crippen molar-refractivity contribution in [3.63, 3.8) is 0 Å². The van der Waals surface area contributed by atoms with Crippen molar-refractivity contribution in [1.82, 2.24) is 34.8 Å². The summed E-state index contributed by atoms with van der Waals surface area (Å²) in [5.41, 5.74) is 4.93. The molecule has 0 aliphatic carbocycles. The summed E-state index contributed by atoms with van der Waals surface area (Å²) in [6.45, 7) is 6.65. The summed E-state index contributed by atoms with van der Waals surface area (Å²) in [7, 11) is 0. The molecule has 0 atom stereocenters. The summed E-state index contributed by atoms with van der Waals surface area (Å²) in [5.74, 6) is 2.30. The molecule has 8 heteroatoms. The van der Waals surface area contributed by atoms with E-state index in [2.05, 4.69) is 37.5 Å². The Balaban J connectivity index is 1.60. The van der Waals surface area contributed by atoms with Crippen LogP contribution in [-0.2, 0) is 13.0 Å². The van der Waals surface area contributed by atoms with Crippen LogP contribution in [0.15, 0.2) is 30.6 Å². The molecule has 0 saturated carbocycles. The highest BCUT2D eigenvalue weighted by Gasteiger charge is 2.12. The molecule has 0 aromatic carbocycles. The van der Waals surface area contributed by atoms with Crippen molar-refractivity contribution in [1.29, 1.82) is 0 Å². The number of H-pyrrole nitrogens is 1. The van der Waals surface area contributed by atoms with Crippen LogP contribution in [0.2, 0.25) is 0 Å². The fraction of sp³-hybridized carbons (Fsp3) is 0.278. The van der Waals surface area contributed by atoms with Crippen LogP contribution in [0, 0.1) is 13.8 Å². The zero-order valence-corrected chi connectivity index (χ0v) is 15.0. The summed E-state index contributed by atoms with van der Waals surface area (Å²) >= 11 is 0. The number of hydrogen-bond acceptors (Lipinski definition) is 6. The van der Waals surface area contributed by atoms with E-state index >= 15 is 0 Å². The number of pyridine rings is 1. The van der Waals surface area contributed by atoms with Crippen molar-refractivity contribution in [2.75, 3.05) is 5.32 Å². The van der Waals surface area contributed by atoms with Gasteiger partial charge in [0.25, 0.3) is 0 Å².